The van der Waals surface area contributed by atoms with Gasteiger partial charge in [0, 0.05) is 12.1 Å². The maximum Gasteiger partial charge on any atom is 0.335 e. The standard InChI is InChI=1S/C11H13NO5S/c1-18-6-2-5-17-10-7-8(11(13)14)3-4-9(10)12(15)16/h3-4,7H,2,5-6H2,1H3,(H,13,14). The van der Waals surface area contributed by atoms with Gasteiger partial charge in [0.15, 0.2) is 5.75 Å². The first kappa shape index (κ1) is 14.3. The van der Waals surface area contributed by atoms with Crippen molar-refractivity contribution in [3.05, 3.63) is 33.9 Å². The number of rotatable bonds is 7. The van der Waals surface area contributed by atoms with Gasteiger partial charge in [-0.3, -0.25) is 10.1 Å². The highest BCUT2D eigenvalue weighted by Crippen LogP contribution is 2.28. The van der Waals surface area contributed by atoms with E-state index in [1.165, 1.54) is 12.1 Å². The molecule has 1 rings (SSSR count). The van der Waals surface area contributed by atoms with E-state index in [2.05, 4.69) is 0 Å². The SMILES string of the molecule is CSCCCOc1cc(C(=O)O)ccc1[N+](=O)[O-]. The Kier molecular flexibility index (Phi) is 5.44. The number of nitro benzene ring substituents is 1. The van der Waals surface area contributed by atoms with Crippen molar-refractivity contribution in [2.75, 3.05) is 18.6 Å². The van der Waals surface area contributed by atoms with Crippen molar-refractivity contribution < 1.29 is 19.6 Å². The summed E-state index contributed by atoms with van der Waals surface area (Å²) in [6, 6.07) is 3.52. The van der Waals surface area contributed by atoms with Crippen molar-refractivity contribution in [2.45, 2.75) is 6.42 Å². The van der Waals surface area contributed by atoms with Gasteiger partial charge in [0.25, 0.3) is 0 Å². The summed E-state index contributed by atoms with van der Waals surface area (Å²) in [4.78, 5) is 21.0. The third-order valence-corrected chi connectivity index (χ3v) is 2.85. The normalized spacial score (nSPS) is 10.1. The maximum atomic E-state index is 10.8. The van der Waals surface area contributed by atoms with Crippen LogP contribution in [0.1, 0.15) is 16.8 Å². The van der Waals surface area contributed by atoms with Gasteiger partial charge in [-0.2, -0.15) is 11.8 Å². The summed E-state index contributed by atoms with van der Waals surface area (Å²) in [5.41, 5.74) is -0.246. The van der Waals surface area contributed by atoms with Gasteiger partial charge in [-0.1, -0.05) is 0 Å². The monoisotopic (exact) mass is 271 g/mol. The van der Waals surface area contributed by atoms with E-state index in [-0.39, 0.29) is 17.0 Å². The molecule has 0 radical (unpaired) electrons. The lowest BCUT2D eigenvalue weighted by molar-refractivity contribution is -0.385. The van der Waals surface area contributed by atoms with Crippen LogP contribution in [0.15, 0.2) is 18.2 Å². The third-order valence-electron chi connectivity index (χ3n) is 2.15. The quantitative estimate of drug-likeness (QED) is 0.465. The van der Waals surface area contributed by atoms with Gasteiger partial charge in [0.2, 0.25) is 0 Å². The smallest absolute Gasteiger partial charge is 0.335 e. The molecule has 0 aromatic heterocycles. The molecule has 0 spiro atoms. The van der Waals surface area contributed by atoms with Crippen LogP contribution in [0.2, 0.25) is 0 Å². The van der Waals surface area contributed by atoms with E-state index in [0.717, 1.165) is 18.2 Å². The lowest BCUT2D eigenvalue weighted by Gasteiger charge is -2.07. The van der Waals surface area contributed by atoms with Gasteiger partial charge in [0.05, 0.1) is 17.1 Å². The molecule has 0 saturated heterocycles. The second-order valence-corrected chi connectivity index (χ2v) is 4.43. The molecule has 0 fully saturated rings. The van der Waals surface area contributed by atoms with Crippen LogP contribution in [-0.2, 0) is 0 Å². The van der Waals surface area contributed by atoms with Gasteiger partial charge < -0.3 is 9.84 Å². The molecule has 0 atom stereocenters. The molecule has 0 amide bonds. The third kappa shape index (κ3) is 3.92. The molecule has 0 aliphatic heterocycles. The zero-order valence-corrected chi connectivity index (χ0v) is 10.6. The number of benzene rings is 1. The average Bonchev–Trinajstić information content (AvgIpc) is 2.34. The minimum atomic E-state index is -1.14. The molecule has 98 valence electrons. The van der Waals surface area contributed by atoms with Gasteiger partial charge in [0.1, 0.15) is 0 Å². The Balaban J connectivity index is 2.86. The van der Waals surface area contributed by atoms with Crippen LogP contribution in [0.4, 0.5) is 5.69 Å². The van der Waals surface area contributed by atoms with E-state index < -0.39 is 10.9 Å². The second kappa shape index (κ2) is 6.85. The summed E-state index contributed by atoms with van der Waals surface area (Å²) in [7, 11) is 0. The predicted octanol–water partition coefficient (Wildman–Crippen LogP) is 2.42. The number of aromatic carboxylic acids is 1. The molecule has 6 nitrogen and oxygen atoms in total. The minimum Gasteiger partial charge on any atom is -0.487 e. The molecule has 0 bridgehead atoms. The van der Waals surface area contributed by atoms with Crippen molar-refractivity contribution in [3.8, 4) is 5.75 Å². The number of thioether (sulfide) groups is 1. The zero-order chi connectivity index (χ0) is 13.5. The summed E-state index contributed by atoms with van der Waals surface area (Å²) < 4.78 is 5.27. The van der Waals surface area contributed by atoms with Crippen molar-refractivity contribution in [3.63, 3.8) is 0 Å². The average molecular weight is 271 g/mol. The summed E-state index contributed by atoms with van der Waals surface area (Å²) in [5.74, 6) is -0.258. The Labute approximate surface area is 108 Å². The molecular formula is C11H13NO5S. The molecule has 1 aromatic rings. The number of nitrogens with zero attached hydrogens (tertiary/aromatic N) is 1. The summed E-state index contributed by atoms with van der Waals surface area (Å²) in [6.07, 6.45) is 2.70. The fourth-order valence-electron chi connectivity index (χ4n) is 1.30. The fourth-order valence-corrected chi connectivity index (χ4v) is 1.71. The highest BCUT2D eigenvalue weighted by molar-refractivity contribution is 7.98. The van der Waals surface area contributed by atoms with Crippen LogP contribution in [0.3, 0.4) is 0 Å². The maximum absolute atomic E-state index is 10.8. The van der Waals surface area contributed by atoms with Crippen LogP contribution in [0, 0.1) is 10.1 Å². The Morgan fingerprint density at radius 2 is 2.28 bits per heavy atom. The number of nitro groups is 1. The van der Waals surface area contributed by atoms with Gasteiger partial charge in [-0.05, 0) is 24.5 Å². The van der Waals surface area contributed by atoms with Crippen molar-refractivity contribution in [2.24, 2.45) is 0 Å². The molecule has 0 saturated carbocycles. The van der Waals surface area contributed by atoms with Crippen LogP contribution in [-0.4, -0.2) is 34.6 Å². The highest BCUT2D eigenvalue weighted by atomic mass is 32.2. The van der Waals surface area contributed by atoms with Crippen LogP contribution in [0.25, 0.3) is 0 Å². The highest BCUT2D eigenvalue weighted by Gasteiger charge is 2.17. The van der Waals surface area contributed by atoms with E-state index in [9.17, 15) is 14.9 Å². The largest absolute Gasteiger partial charge is 0.487 e. The predicted molar refractivity (Wildman–Crippen MR) is 68.5 cm³/mol. The van der Waals surface area contributed by atoms with Crippen molar-refractivity contribution in [1.82, 2.24) is 0 Å². The molecule has 0 heterocycles. The summed E-state index contributed by atoms with van der Waals surface area (Å²) >= 11 is 1.65. The molecule has 1 N–H and O–H groups in total. The molecular weight excluding hydrogens is 258 g/mol. The van der Waals surface area contributed by atoms with E-state index in [1.54, 1.807) is 11.8 Å². The first-order valence-electron chi connectivity index (χ1n) is 5.19. The van der Waals surface area contributed by atoms with Crippen LogP contribution >= 0.6 is 11.8 Å². The summed E-state index contributed by atoms with van der Waals surface area (Å²) in [5, 5.41) is 19.6. The number of carboxylic acid groups (broad SMARTS) is 1. The lowest BCUT2D eigenvalue weighted by atomic mass is 10.2. The Hall–Kier alpha value is -1.76. The first-order valence-corrected chi connectivity index (χ1v) is 6.59. The first-order chi connectivity index (χ1) is 8.56. The number of ether oxygens (including phenoxy) is 1. The van der Waals surface area contributed by atoms with Gasteiger partial charge >= 0.3 is 11.7 Å². The zero-order valence-electron chi connectivity index (χ0n) is 9.79. The number of hydrogen-bond acceptors (Lipinski definition) is 5. The van der Waals surface area contributed by atoms with Crippen molar-refractivity contribution in [1.29, 1.82) is 0 Å². The second-order valence-electron chi connectivity index (χ2n) is 3.44. The number of carboxylic acids is 1. The summed E-state index contributed by atoms with van der Waals surface area (Å²) in [6.45, 7) is 0.324. The minimum absolute atomic E-state index is 0.000929. The molecule has 0 aliphatic carbocycles. The van der Waals surface area contributed by atoms with E-state index in [0.29, 0.717) is 6.61 Å². The fraction of sp³-hybridized carbons (Fsp3) is 0.364. The molecule has 0 aliphatic rings. The molecule has 18 heavy (non-hydrogen) atoms. The molecule has 7 heteroatoms. The lowest BCUT2D eigenvalue weighted by Crippen LogP contribution is -2.04. The van der Waals surface area contributed by atoms with Crippen LogP contribution in [0.5, 0.6) is 5.75 Å². The van der Waals surface area contributed by atoms with E-state index in [4.69, 9.17) is 9.84 Å². The van der Waals surface area contributed by atoms with Crippen LogP contribution < -0.4 is 4.74 Å². The van der Waals surface area contributed by atoms with Gasteiger partial charge in [-0.15, -0.1) is 0 Å². The molecule has 1 aromatic carbocycles. The Morgan fingerprint density at radius 3 is 2.83 bits per heavy atom. The van der Waals surface area contributed by atoms with E-state index >= 15 is 0 Å². The topological polar surface area (TPSA) is 89.7 Å². The Morgan fingerprint density at radius 1 is 1.56 bits per heavy atom. The molecule has 0 unspecified atom stereocenters. The van der Waals surface area contributed by atoms with Gasteiger partial charge in [-0.25, -0.2) is 4.79 Å². The van der Waals surface area contributed by atoms with E-state index in [1.807, 2.05) is 6.26 Å². The number of carbonyl (C=O) groups is 1. The Bertz CT molecular complexity index is 449. The van der Waals surface area contributed by atoms with Crippen molar-refractivity contribution >= 4 is 23.4 Å². The number of hydrogen-bond donors (Lipinski definition) is 1.